The fourth-order valence-electron chi connectivity index (χ4n) is 3.14. The number of benzene rings is 3. The Bertz CT molecular complexity index is 977. The second-order valence-electron chi connectivity index (χ2n) is 5.98. The van der Waals surface area contributed by atoms with Crippen LogP contribution in [0.4, 0.5) is 5.69 Å². The number of halogens is 1. The predicted octanol–water partition coefficient (Wildman–Crippen LogP) is 3.77. The number of carbonyl (C=O) groups excluding carboxylic acids is 2. The van der Waals surface area contributed by atoms with E-state index in [4.69, 9.17) is 11.6 Å². The first-order chi connectivity index (χ1) is 12.1. The normalized spacial score (nSPS) is 12.7. The van der Waals surface area contributed by atoms with Gasteiger partial charge in [0.05, 0.1) is 5.69 Å². The molecule has 0 unspecified atom stereocenters. The molecular weight excluding hydrogens is 336 g/mol. The van der Waals surface area contributed by atoms with Crippen LogP contribution in [-0.4, -0.2) is 18.4 Å². The van der Waals surface area contributed by atoms with Gasteiger partial charge in [0.1, 0.15) is 6.54 Å². The van der Waals surface area contributed by atoms with Crippen LogP contribution in [-0.2, 0) is 11.3 Å². The Morgan fingerprint density at radius 2 is 1.72 bits per heavy atom. The second-order valence-corrected chi connectivity index (χ2v) is 6.41. The fourth-order valence-corrected chi connectivity index (χ4v) is 3.26. The van der Waals surface area contributed by atoms with E-state index >= 15 is 0 Å². The van der Waals surface area contributed by atoms with Gasteiger partial charge in [0, 0.05) is 22.5 Å². The lowest BCUT2D eigenvalue weighted by Crippen LogP contribution is -2.38. The van der Waals surface area contributed by atoms with Gasteiger partial charge in [-0.05, 0) is 35.2 Å². The van der Waals surface area contributed by atoms with E-state index in [1.165, 1.54) is 4.90 Å². The van der Waals surface area contributed by atoms with Crippen molar-refractivity contribution in [2.45, 2.75) is 6.54 Å². The van der Waals surface area contributed by atoms with Crippen molar-refractivity contribution in [1.82, 2.24) is 5.32 Å². The van der Waals surface area contributed by atoms with Crippen LogP contribution in [0.25, 0.3) is 10.8 Å². The van der Waals surface area contributed by atoms with Gasteiger partial charge in [0.15, 0.2) is 0 Å². The number of hydrogen-bond acceptors (Lipinski definition) is 2. The molecule has 1 aliphatic rings. The number of anilines is 1. The van der Waals surface area contributed by atoms with Crippen LogP contribution in [0.5, 0.6) is 0 Å². The molecule has 1 N–H and O–H groups in total. The molecule has 0 saturated carbocycles. The zero-order valence-electron chi connectivity index (χ0n) is 13.3. The zero-order chi connectivity index (χ0) is 17.4. The van der Waals surface area contributed by atoms with Crippen LogP contribution < -0.4 is 10.2 Å². The van der Waals surface area contributed by atoms with Crippen molar-refractivity contribution in [3.8, 4) is 0 Å². The van der Waals surface area contributed by atoms with E-state index in [0.717, 1.165) is 22.0 Å². The molecule has 124 valence electrons. The third-order valence-corrected chi connectivity index (χ3v) is 4.61. The summed E-state index contributed by atoms with van der Waals surface area (Å²) in [6, 6.07) is 18.7. The summed E-state index contributed by atoms with van der Waals surface area (Å²) in [5.74, 6) is -0.332. The van der Waals surface area contributed by atoms with E-state index in [9.17, 15) is 9.59 Å². The molecule has 5 heteroatoms. The number of nitrogens with one attached hydrogen (secondary N) is 1. The number of rotatable bonds is 4. The molecule has 0 fully saturated rings. The summed E-state index contributed by atoms with van der Waals surface area (Å²) >= 11 is 5.86. The molecule has 1 aliphatic heterocycles. The molecule has 3 aromatic carbocycles. The van der Waals surface area contributed by atoms with Crippen molar-refractivity contribution in [3.05, 3.63) is 76.8 Å². The average Bonchev–Trinajstić information content (AvgIpc) is 2.89. The van der Waals surface area contributed by atoms with Crippen molar-refractivity contribution in [2.75, 3.05) is 11.4 Å². The lowest BCUT2D eigenvalue weighted by Gasteiger charge is -2.17. The summed E-state index contributed by atoms with van der Waals surface area (Å²) in [5, 5.41) is 5.43. The Labute approximate surface area is 150 Å². The topological polar surface area (TPSA) is 49.4 Å². The molecule has 0 aromatic heterocycles. The van der Waals surface area contributed by atoms with E-state index in [1.807, 2.05) is 42.5 Å². The molecule has 0 saturated heterocycles. The smallest absolute Gasteiger partial charge is 0.259 e. The Hall–Kier alpha value is -2.85. The van der Waals surface area contributed by atoms with Crippen LogP contribution >= 0.6 is 11.6 Å². The fraction of sp³-hybridized carbons (Fsp3) is 0.100. The molecule has 0 bridgehead atoms. The van der Waals surface area contributed by atoms with Crippen molar-refractivity contribution < 1.29 is 9.59 Å². The monoisotopic (exact) mass is 350 g/mol. The minimum Gasteiger partial charge on any atom is -0.350 e. The molecule has 0 spiro atoms. The van der Waals surface area contributed by atoms with Gasteiger partial charge < -0.3 is 5.32 Å². The second kappa shape index (κ2) is 6.22. The largest absolute Gasteiger partial charge is 0.350 e. The zero-order valence-corrected chi connectivity index (χ0v) is 14.1. The van der Waals surface area contributed by atoms with Crippen molar-refractivity contribution >= 4 is 39.9 Å². The first kappa shape index (κ1) is 15.7. The number of nitrogens with zero attached hydrogens (tertiary/aromatic N) is 1. The molecule has 1 heterocycles. The molecule has 3 aromatic rings. The van der Waals surface area contributed by atoms with Crippen molar-refractivity contribution in [1.29, 1.82) is 0 Å². The summed E-state index contributed by atoms with van der Waals surface area (Å²) in [6.07, 6.45) is 0. The van der Waals surface area contributed by atoms with Gasteiger partial charge in [-0.2, -0.15) is 0 Å². The van der Waals surface area contributed by atoms with Gasteiger partial charge in [0.2, 0.25) is 5.91 Å². The maximum absolute atomic E-state index is 12.7. The van der Waals surface area contributed by atoms with Gasteiger partial charge in [0.25, 0.3) is 5.91 Å². The summed E-state index contributed by atoms with van der Waals surface area (Å²) in [5.41, 5.74) is 2.40. The van der Waals surface area contributed by atoms with Gasteiger partial charge in [-0.25, -0.2) is 0 Å². The van der Waals surface area contributed by atoms with Crippen LogP contribution in [0.15, 0.2) is 60.7 Å². The summed E-state index contributed by atoms with van der Waals surface area (Å²) < 4.78 is 0. The van der Waals surface area contributed by atoms with Crippen LogP contribution in [0.3, 0.4) is 0 Å². The molecule has 4 rings (SSSR count). The van der Waals surface area contributed by atoms with Gasteiger partial charge in [-0.3, -0.25) is 14.5 Å². The average molecular weight is 351 g/mol. The SMILES string of the molecule is O=C(CN1C(=O)c2cccc3cccc1c23)NCc1ccc(Cl)cc1. The van der Waals surface area contributed by atoms with Crippen molar-refractivity contribution in [2.24, 2.45) is 0 Å². The van der Waals surface area contributed by atoms with Crippen LogP contribution in [0.2, 0.25) is 5.02 Å². The highest BCUT2D eigenvalue weighted by Gasteiger charge is 2.30. The van der Waals surface area contributed by atoms with Crippen LogP contribution in [0, 0.1) is 0 Å². The summed E-state index contributed by atoms with van der Waals surface area (Å²) in [7, 11) is 0. The van der Waals surface area contributed by atoms with Gasteiger partial charge >= 0.3 is 0 Å². The highest BCUT2D eigenvalue weighted by molar-refractivity contribution is 6.30. The third-order valence-electron chi connectivity index (χ3n) is 4.35. The lowest BCUT2D eigenvalue weighted by molar-refractivity contribution is -0.119. The van der Waals surface area contributed by atoms with E-state index < -0.39 is 0 Å². The maximum atomic E-state index is 12.7. The van der Waals surface area contributed by atoms with Crippen LogP contribution in [0.1, 0.15) is 15.9 Å². The maximum Gasteiger partial charge on any atom is 0.259 e. The minimum atomic E-state index is -0.201. The Morgan fingerprint density at radius 3 is 2.48 bits per heavy atom. The standard InChI is InChI=1S/C20H15ClN2O2/c21-15-9-7-13(8-10-15)11-22-18(24)12-23-17-6-2-4-14-3-1-5-16(19(14)17)20(23)25/h1-10H,11-12H2,(H,22,24). The number of hydrogen-bond donors (Lipinski definition) is 1. The Kier molecular flexibility index (Phi) is 3.90. The van der Waals surface area contributed by atoms with Crippen molar-refractivity contribution in [3.63, 3.8) is 0 Å². The quantitative estimate of drug-likeness (QED) is 0.778. The molecular formula is C20H15ClN2O2. The molecule has 4 nitrogen and oxygen atoms in total. The van der Waals surface area contributed by atoms with E-state index in [2.05, 4.69) is 5.32 Å². The molecule has 0 radical (unpaired) electrons. The Balaban J connectivity index is 1.50. The lowest BCUT2D eigenvalue weighted by atomic mass is 10.1. The van der Waals surface area contributed by atoms with E-state index in [-0.39, 0.29) is 18.4 Å². The molecule has 25 heavy (non-hydrogen) atoms. The molecule has 0 aliphatic carbocycles. The Morgan fingerprint density at radius 1 is 1.00 bits per heavy atom. The van der Waals surface area contributed by atoms with E-state index in [1.54, 1.807) is 18.2 Å². The number of amides is 2. The third kappa shape index (κ3) is 2.85. The summed E-state index contributed by atoms with van der Waals surface area (Å²) in [6.45, 7) is 0.398. The highest BCUT2D eigenvalue weighted by Crippen LogP contribution is 2.36. The van der Waals surface area contributed by atoms with E-state index in [0.29, 0.717) is 17.1 Å². The van der Waals surface area contributed by atoms with Gasteiger partial charge in [-0.1, -0.05) is 48.0 Å². The summed E-state index contributed by atoms with van der Waals surface area (Å²) in [4.78, 5) is 26.5. The first-order valence-electron chi connectivity index (χ1n) is 7.98. The highest BCUT2D eigenvalue weighted by atomic mass is 35.5. The first-order valence-corrected chi connectivity index (χ1v) is 8.36. The molecule has 2 amide bonds. The molecule has 0 atom stereocenters. The predicted molar refractivity (Wildman–Crippen MR) is 98.9 cm³/mol. The minimum absolute atomic E-state index is 0.000215. The van der Waals surface area contributed by atoms with Gasteiger partial charge in [-0.15, -0.1) is 0 Å². The number of carbonyl (C=O) groups is 2.